The van der Waals surface area contributed by atoms with Gasteiger partial charge >= 0.3 is 10.3 Å². The molecule has 2 aromatic heterocycles. The van der Waals surface area contributed by atoms with Gasteiger partial charge in [0.25, 0.3) is 0 Å². The Balaban J connectivity index is 1.41. The van der Waals surface area contributed by atoms with Gasteiger partial charge in [-0.15, -0.1) is 0 Å². The number of aromatic nitrogens is 4. The number of halogens is 1. The maximum atomic E-state index is 13.1. The first-order valence-electron chi connectivity index (χ1n) is 10.8. The second-order valence-electron chi connectivity index (χ2n) is 8.24. The number of Topliss-reactive ketones (excluding diaryl/α,β-unsaturated/α-hetero) is 1. The molecule has 11 nitrogen and oxygen atoms in total. The lowest BCUT2D eigenvalue weighted by Gasteiger charge is -2.15. The maximum absolute atomic E-state index is 13.1. The summed E-state index contributed by atoms with van der Waals surface area (Å²) >= 11 is 3.35. The first kappa shape index (κ1) is 25.1. The van der Waals surface area contributed by atoms with E-state index in [1.54, 1.807) is 30.5 Å². The lowest BCUT2D eigenvalue weighted by Crippen LogP contribution is -2.22. The van der Waals surface area contributed by atoms with Gasteiger partial charge in [-0.05, 0) is 43.4 Å². The van der Waals surface area contributed by atoms with Crippen LogP contribution in [-0.2, 0) is 21.0 Å². The van der Waals surface area contributed by atoms with Crippen molar-refractivity contribution >= 4 is 43.6 Å². The number of nitrogens with one attached hydrogen (secondary N) is 1. The summed E-state index contributed by atoms with van der Waals surface area (Å²) in [5, 5.41) is 12.4. The minimum Gasteiger partial charge on any atom is -0.367 e. The van der Waals surface area contributed by atoms with E-state index in [1.165, 1.54) is 17.2 Å². The van der Waals surface area contributed by atoms with Gasteiger partial charge in [-0.2, -0.15) is 13.5 Å². The van der Waals surface area contributed by atoms with Crippen LogP contribution in [-0.4, -0.2) is 52.4 Å². The van der Waals surface area contributed by atoms with Crippen molar-refractivity contribution in [3.63, 3.8) is 0 Å². The number of carbonyl (C=O) groups excluding carboxylic acids is 2. The number of nitrogens with two attached hydrogens (primary N) is 1. The highest BCUT2D eigenvalue weighted by Crippen LogP contribution is 2.29. The topological polar surface area (TPSA) is 159 Å². The molecule has 1 aliphatic rings. The van der Waals surface area contributed by atoms with Crippen molar-refractivity contribution in [2.75, 3.05) is 11.9 Å². The van der Waals surface area contributed by atoms with Crippen LogP contribution in [0.25, 0.3) is 0 Å². The van der Waals surface area contributed by atoms with Crippen LogP contribution in [0.3, 0.4) is 0 Å². The van der Waals surface area contributed by atoms with E-state index in [9.17, 15) is 18.0 Å². The zero-order chi connectivity index (χ0) is 25.0. The number of hydrogen-bond acceptors (Lipinski definition) is 9. The van der Waals surface area contributed by atoms with Crippen molar-refractivity contribution in [1.82, 2.24) is 19.7 Å². The Morgan fingerprint density at radius 2 is 2.09 bits per heavy atom. The second-order valence-corrected chi connectivity index (χ2v) is 10.4. The minimum absolute atomic E-state index is 0.00974. The molecule has 3 N–H and O–H groups in total. The van der Waals surface area contributed by atoms with Gasteiger partial charge in [0, 0.05) is 28.5 Å². The van der Waals surface area contributed by atoms with Crippen LogP contribution < -0.4 is 10.5 Å². The molecule has 2 atom stereocenters. The number of rotatable bonds is 10. The molecule has 3 aromatic rings. The van der Waals surface area contributed by atoms with E-state index >= 15 is 0 Å². The summed E-state index contributed by atoms with van der Waals surface area (Å²) in [6.45, 7) is 0.00679. The van der Waals surface area contributed by atoms with Gasteiger partial charge in [0.15, 0.2) is 5.78 Å². The quantitative estimate of drug-likeness (QED) is 0.353. The third-order valence-electron chi connectivity index (χ3n) is 5.63. The first-order chi connectivity index (χ1) is 16.7. The Labute approximate surface area is 210 Å². The van der Waals surface area contributed by atoms with Crippen LogP contribution in [0, 0.1) is 5.92 Å². The molecule has 13 heteroatoms. The Morgan fingerprint density at radius 1 is 1.26 bits per heavy atom. The minimum atomic E-state index is -3.98. The molecule has 0 amide bonds. The van der Waals surface area contributed by atoms with Gasteiger partial charge in [0.2, 0.25) is 5.78 Å². The highest BCUT2D eigenvalue weighted by atomic mass is 79.9. The number of benzene rings is 1. The molecule has 0 aliphatic heterocycles. The monoisotopic (exact) mass is 562 g/mol. The Bertz CT molecular complexity index is 1350. The van der Waals surface area contributed by atoms with E-state index < -0.39 is 10.3 Å². The zero-order valence-electron chi connectivity index (χ0n) is 18.5. The highest BCUT2D eigenvalue weighted by Gasteiger charge is 2.28. The van der Waals surface area contributed by atoms with Gasteiger partial charge in [0.1, 0.15) is 24.4 Å². The third kappa shape index (κ3) is 6.78. The summed E-state index contributed by atoms with van der Waals surface area (Å²) in [7, 11) is -3.98. The molecule has 0 bridgehead atoms. The highest BCUT2D eigenvalue weighted by molar-refractivity contribution is 9.10. The molecular formula is C22H23BrN6O5S. The van der Waals surface area contributed by atoms with Crippen LogP contribution in [0.5, 0.6) is 0 Å². The number of anilines is 1. The largest absolute Gasteiger partial charge is 0.367 e. The van der Waals surface area contributed by atoms with Crippen molar-refractivity contribution in [2.45, 2.75) is 31.8 Å². The fraction of sp³-hybridized carbons (Fsp3) is 0.318. The number of nitrogens with zero attached hydrogens (tertiary/aromatic N) is 4. The Morgan fingerprint density at radius 3 is 2.86 bits per heavy atom. The van der Waals surface area contributed by atoms with Crippen LogP contribution in [0.15, 0.2) is 53.5 Å². The standard InChI is InChI=1S/C22H23BrN6O5S/c23-16-3-1-2-15(9-16)20(30)11-29-7-6-19(28-29)21(31)18-10-25-13-26-22(18)27-17-5-4-14(8-17)12-34-35(24,32)33/h1-3,6-7,9-10,13-14,17H,4-5,8,11-12H2,(H2,24,32,33)(H,25,26,27)/t14-,17+/m1/s1. The number of carbonyl (C=O) groups is 2. The SMILES string of the molecule is NS(=O)(=O)OC[C@@H]1CC[C@H](Nc2ncncc2C(=O)c2ccn(CC(=O)c3cccc(Br)c3)n2)C1. The van der Waals surface area contributed by atoms with Crippen molar-refractivity contribution in [1.29, 1.82) is 0 Å². The normalized spacial score (nSPS) is 17.9. The van der Waals surface area contributed by atoms with E-state index in [4.69, 9.17) is 9.32 Å². The summed E-state index contributed by atoms with van der Waals surface area (Å²) in [6, 6.07) is 8.58. The number of hydrogen-bond donors (Lipinski definition) is 2. The summed E-state index contributed by atoms with van der Waals surface area (Å²) in [4.78, 5) is 33.9. The van der Waals surface area contributed by atoms with Gasteiger partial charge in [-0.1, -0.05) is 28.1 Å². The van der Waals surface area contributed by atoms with Gasteiger partial charge < -0.3 is 5.32 Å². The molecule has 1 fully saturated rings. The van der Waals surface area contributed by atoms with Crippen molar-refractivity contribution in [3.8, 4) is 0 Å². The van der Waals surface area contributed by atoms with Crippen LogP contribution in [0.1, 0.15) is 45.7 Å². The van der Waals surface area contributed by atoms with Crippen LogP contribution in [0.4, 0.5) is 5.82 Å². The molecule has 35 heavy (non-hydrogen) atoms. The molecule has 0 saturated heterocycles. The maximum Gasteiger partial charge on any atom is 0.333 e. The average Bonchev–Trinajstić information content (AvgIpc) is 3.47. The molecule has 1 aromatic carbocycles. The molecule has 0 spiro atoms. The van der Waals surface area contributed by atoms with Gasteiger partial charge in [-0.25, -0.2) is 15.1 Å². The first-order valence-corrected chi connectivity index (χ1v) is 13.0. The Kier molecular flexibility index (Phi) is 7.69. The van der Waals surface area contributed by atoms with Crippen molar-refractivity contribution < 1.29 is 22.2 Å². The lowest BCUT2D eigenvalue weighted by atomic mass is 10.1. The predicted molar refractivity (Wildman–Crippen MR) is 130 cm³/mol. The van der Waals surface area contributed by atoms with Crippen LogP contribution >= 0.6 is 15.9 Å². The summed E-state index contributed by atoms with van der Waals surface area (Å²) < 4.78 is 29.0. The smallest absolute Gasteiger partial charge is 0.333 e. The third-order valence-corrected chi connectivity index (χ3v) is 6.59. The number of ketones is 2. The second kappa shape index (κ2) is 10.7. The predicted octanol–water partition coefficient (Wildman–Crippen LogP) is 2.35. The lowest BCUT2D eigenvalue weighted by molar-refractivity contribution is 0.0963. The molecule has 1 aliphatic carbocycles. The van der Waals surface area contributed by atoms with E-state index in [2.05, 4.69) is 36.3 Å². The fourth-order valence-corrected chi connectivity index (χ4v) is 4.74. The molecule has 0 radical (unpaired) electrons. The van der Waals surface area contributed by atoms with Crippen LogP contribution in [0.2, 0.25) is 0 Å². The summed E-state index contributed by atoms with van der Waals surface area (Å²) in [5.41, 5.74) is 0.950. The molecule has 4 rings (SSSR count). The molecular weight excluding hydrogens is 540 g/mol. The van der Waals surface area contributed by atoms with Crippen molar-refractivity contribution in [3.05, 3.63) is 70.3 Å². The molecule has 184 valence electrons. The van der Waals surface area contributed by atoms with E-state index in [-0.39, 0.29) is 47.9 Å². The summed E-state index contributed by atoms with van der Waals surface area (Å²) in [5.74, 6) is -0.136. The van der Waals surface area contributed by atoms with E-state index in [0.29, 0.717) is 17.8 Å². The van der Waals surface area contributed by atoms with Gasteiger partial charge in [0.05, 0.1) is 12.2 Å². The van der Waals surface area contributed by atoms with E-state index in [0.717, 1.165) is 17.3 Å². The van der Waals surface area contributed by atoms with E-state index in [1.807, 2.05) is 6.07 Å². The average molecular weight is 563 g/mol. The van der Waals surface area contributed by atoms with Crippen molar-refractivity contribution in [2.24, 2.45) is 11.1 Å². The molecule has 1 saturated carbocycles. The zero-order valence-corrected chi connectivity index (χ0v) is 20.9. The molecule has 0 unspecified atom stereocenters. The summed E-state index contributed by atoms with van der Waals surface area (Å²) in [6.07, 6.45) is 6.47. The van der Waals surface area contributed by atoms with Gasteiger partial charge in [-0.3, -0.25) is 18.5 Å². The Hall–Kier alpha value is -3.00. The fourth-order valence-electron chi connectivity index (χ4n) is 3.96. The molecule has 2 heterocycles.